The van der Waals surface area contributed by atoms with Crippen LogP contribution in [0.3, 0.4) is 0 Å². The van der Waals surface area contributed by atoms with Crippen LogP contribution in [0.15, 0.2) is 25.0 Å². The van der Waals surface area contributed by atoms with Crippen molar-refractivity contribution in [3.63, 3.8) is 0 Å². The number of allylic oxidation sites excluding steroid dienone is 1. The maximum absolute atomic E-state index is 8.65. The van der Waals surface area contributed by atoms with Crippen molar-refractivity contribution in [3.8, 4) is 0 Å². The Bertz CT molecular complexity index is 205. The summed E-state index contributed by atoms with van der Waals surface area (Å²) in [6.07, 6.45) is 5.65. The summed E-state index contributed by atoms with van der Waals surface area (Å²) in [5.74, 6) is 0. The summed E-state index contributed by atoms with van der Waals surface area (Å²) in [5.41, 5.74) is 0.965. The molecule has 0 spiro atoms. The third kappa shape index (κ3) is 1.32. The van der Waals surface area contributed by atoms with E-state index in [4.69, 9.17) is 5.21 Å². The lowest BCUT2D eigenvalue weighted by Crippen LogP contribution is -1.86. The van der Waals surface area contributed by atoms with Crippen molar-refractivity contribution in [2.45, 2.75) is 6.42 Å². The van der Waals surface area contributed by atoms with Crippen molar-refractivity contribution in [3.05, 3.63) is 30.6 Å². The molecule has 1 rings (SSSR count). The van der Waals surface area contributed by atoms with Crippen LogP contribution in [0.25, 0.3) is 0 Å². The van der Waals surface area contributed by atoms with E-state index in [9.17, 15) is 0 Å². The number of aromatic nitrogens is 2. The Balaban J connectivity index is 2.72. The molecule has 48 valence electrons. The molecular formula is C6H8N2O. The topological polar surface area (TPSA) is 38.0 Å². The minimum Gasteiger partial charge on any atom is -0.412 e. The molecule has 0 unspecified atom stereocenters. The molecule has 0 atom stereocenters. The van der Waals surface area contributed by atoms with Crippen LogP contribution < -0.4 is 0 Å². The van der Waals surface area contributed by atoms with E-state index < -0.39 is 0 Å². The molecule has 9 heavy (non-hydrogen) atoms. The summed E-state index contributed by atoms with van der Waals surface area (Å²) >= 11 is 0. The van der Waals surface area contributed by atoms with Crippen molar-refractivity contribution in [1.82, 2.24) is 9.94 Å². The first-order chi connectivity index (χ1) is 4.33. The summed E-state index contributed by atoms with van der Waals surface area (Å²) in [6, 6.07) is 0. The van der Waals surface area contributed by atoms with Crippen LogP contribution in [0.2, 0.25) is 0 Å². The largest absolute Gasteiger partial charge is 0.412 e. The average molecular weight is 124 g/mol. The number of nitrogens with zero attached hydrogens (tertiary/aromatic N) is 2. The van der Waals surface area contributed by atoms with E-state index in [0.717, 1.165) is 16.8 Å². The van der Waals surface area contributed by atoms with Crippen molar-refractivity contribution in [2.24, 2.45) is 0 Å². The Labute approximate surface area is 53.2 Å². The average Bonchev–Trinajstić information content (AvgIpc) is 2.17. The van der Waals surface area contributed by atoms with E-state index in [1.165, 1.54) is 0 Å². The van der Waals surface area contributed by atoms with Gasteiger partial charge in [-0.1, -0.05) is 6.08 Å². The second-order valence-corrected chi connectivity index (χ2v) is 1.76. The molecule has 0 amide bonds. The maximum atomic E-state index is 8.65. The molecule has 1 aromatic heterocycles. The van der Waals surface area contributed by atoms with Crippen LogP contribution in [0.1, 0.15) is 5.56 Å². The first-order valence-corrected chi connectivity index (χ1v) is 2.66. The second-order valence-electron chi connectivity index (χ2n) is 1.76. The maximum Gasteiger partial charge on any atom is 0.0699 e. The number of hydrogen-bond acceptors (Lipinski definition) is 2. The molecule has 3 heteroatoms. The predicted octanol–water partition coefficient (Wildman–Crippen LogP) is 0.849. The SMILES string of the molecule is C=CCc1cnn(O)c1. The molecule has 3 nitrogen and oxygen atoms in total. The summed E-state index contributed by atoms with van der Waals surface area (Å²) in [5, 5.41) is 12.2. The zero-order chi connectivity index (χ0) is 6.69. The third-order valence-corrected chi connectivity index (χ3v) is 1.00. The Morgan fingerprint density at radius 1 is 1.89 bits per heavy atom. The lowest BCUT2D eigenvalue weighted by Gasteiger charge is -1.82. The van der Waals surface area contributed by atoms with Crippen molar-refractivity contribution < 1.29 is 5.21 Å². The highest BCUT2D eigenvalue weighted by Gasteiger charge is 1.91. The van der Waals surface area contributed by atoms with Gasteiger partial charge in [-0.2, -0.15) is 0 Å². The molecule has 0 fully saturated rings. The molecule has 0 bridgehead atoms. The van der Waals surface area contributed by atoms with Crippen LogP contribution in [0.4, 0.5) is 0 Å². The molecule has 0 saturated heterocycles. The summed E-state index contributed by atoms with van der Waals surface area (Å²) in [7, 11) is 0. The summed E-state index contributed by atoms with van der Waals surface area (Å²) in [6.45, 7) is 3.55. The Morgan fingerprint density at radius 3 is 3.11 bits per heavy atom. The fourth-order valence-electron chi connectivity index (χ4n) is 0.620. The van der Waals surface area contributed by atoms with E-state index in [0.29, 0.717) is 0 Å². The van der Waals surface area contributed by atoms with Crippen LogP contribution in [-0.2, 0) is 6.42 Å². The van der Waals surface area contributed by atoms with Crippen molar-refractivity contribution >= 4 is 0 Å². The van der Waals surface area contributed by atoms with Gasteiger partial charge in [0.1, 0.15) is 0 Å². The lowest BCUT2D eigenvalue weighted by molar-refractivity contribution is 0.148. The minimum absolute atomic E-state index is 0.751. The standard InChI is InChI=1S/C6H8N2O/c1-2-3-6-4-7-8(9)5-6/h2,4-5,9H,1,3H2. The lowest BCUT2D eigenvalue weighted by atomic mass is 10.3. The predicted molar refractivity (Wildman–Crippen MR) is 33.3 cm³/mol. The van der Waals surface area contributed by atoms with E-state index in [1.807, 2.05) is 0 Å². The summed E-state index contributed by atoms with van der Waals surface area (Å²) in [4.78, 5) is 0.791. The fraction of sp³-hybridized carbons (Fsp3) is 0.167. The van der Waals surface area contributed by atoms with Gasteiger partial charge in [0.15, 0.2) is 0 Å². The molecule has 0 saturated carbocycles. The van der Waals surface area contributed by atoms with Gasteiger partial charge in [0.25, 0.3) is 0 Å². The van der Waals surface area contributed by atoms with Crippen LogP contribution >= 0.6 is 0 Å². The van der Waals surface area contributed by atoms with E-state index >= 15 is 0 Å². The molecule has 0 aliphatic heterocycles. The third-order valence-electron chi connectivity index (χ3n) is 1.00. The molecule has 0 radical (unpaired) electrons. The first-order valence-electron chi connectivity index (χ1n) is 2.66. The van der Waals surface area contributed by atoms with E-state index in [1.54, 1.807) is 18.5 Å². The second kappa shape index (κ2) is 2.35. The van der Waals surface area contributed by atoms with Crippen molar-refractivity contribution in [1.29, 1.82) is 0 Å². The van der Waals surface area contributed by atoms with Gasteiger partial charge in [0.2, 0.25) is 0 Å². The Morgan fingerprint density at radius 2 is 2.67 bits per heavy atom. The van der Waals surface area contributed by atoms with Crippen LogP contribution in [0, 0.1) is 0 Å². The van der Waals surface area contributed by atoms with Gasteiger partial charge in [0.05, 0.1) is 12.4 Å². The number of hydrogen-bond donors (Lipinski definition) is 1. The zero-order valence-corrected chi connectivity index (χ0v) is 4.99. The zero-order valence-electron chi connectivity index (χ0n) is 4.99. The monoisotopic (exact) mass is 124 g/mol. The molecule has 0 aromatic carbocycles. The fourth-order valence-corrected chi connectivity index (χ4v) is 0.620. The quantitative estimate of drug-likeness (QED) is 0.468. The normalized spacial score (nSPS) is 9.33. The van der Waals surface area contributed by atoms with Gasteiger partial charge in [-0.15, -0.1) is 16.5 Å². The highest BCUT2D eigenvalue weighted by atomic mass is 16.5. The summed E-state index contributed by atoms with van der Waals surface area (Å²) < 4.78 is 0. The van der Waals surface area contributed by atoms with Gasteiger partial charge >= 0.3 is 0 Å². The van der Waals surface area contributed by atoms with Crippen molar-refractivity contribution in [2.75, 3.05) is 0 Å². The van der Waals surface area contributed by atoms with Crippen LogP contribution in [-0.4, -0.2) is 15.2 Å². The molecule has 1 N–H and O–H groups in total. The van der Waals surface area contributed by atoms with E-state index in [2.05, 4.69) is 11.7 Å². The van der Waals surface area contributed by atoms with Gasteiger partial charge in [-0.25, -0.2) is 0 Å². The number of rotatable bonds is 2. The van der Waals surface area contributed by atoms with Gasteiger partial charge in [-0.3, -0.25) is 0 Å². The molecule has 1 aromatic rings. The molecule has 0 aliphatic carbocycles. The first kappa shape index (κ1) is 5.88. The molecular weight excluding hydrogens is 116 g/mol. The molecule has 1 heterocycles. The smallest absolute Gasteiger partial charge is 0.0699 e. The Hall–Kier alpha value is -1.25. The highest BCUT2D eigenvalue weighted by Crippen LogP contribution is 1.96. The van der Waals surface area contributed by atoms with Crippen LogP contribution in [0.5, 0.6) is 0 Å². The van der Waals surface area contributed by atoms with E-state index in [-0.39, 0.29) is 0 Å². The van der Waals surface area contributed by atoms with Gasteiger partial charge in [-0.05, 0) is 12.0 Å². The Kier molecular flexibility index (Phi) is 1.53. The minimum atomic E-state index is 0.751. The molecule has 0 aliphatic rings. The highest BCUT2D eigenvalue weighted by molar-refractivity contribution is 5.06. The van der Waals surface area contributed by atoms with Gasteiger partial charge < -0.3 is 5.21 Å². The van der Waals surface area contributed by atoms with Gasteiger partial charge in [0, 0.05) is 0 Å².